The number of hydrogen-bond acceptors (Lipinski definition) is 2. The molecule has 0 aliphatic heterocycles. The summed E-state index contributed by atoms with van der Waals surface area (Å²) in [5.41, 5.74) is 0. The zero-order valence-corrected chi connectivity index (χ0v) is 6.72. The van der Waals surface area contributed by atoms with Crippen molar-refractivity contribution in [1.29, 1.82) is 0 Å². The number of carboxylic acid groups (broad SMARTS) is 1. The first-order valence-corrected chi connectivity index (χ1v) is 2.62. The van der Waals surface area contributed by atoms with Gasteiger partial charge in [-0.05, 0) is 0 Å². The Bertz CT molecular complexity index is 70.6. The normalized spacial score (nSPS) is 5.43. The summed E-state index contributed by atoms with van der Waals surface area (Å²) < 4.78 is 8.38. The van der Waals surface area contributed by atoms with E-state index in [2.05, 4.69) is 6.58 Å². The van der Waals surface area contributed by atoms with E-state index in [1.54, 1.807) is 0 Å². The van der Waals surface area contributed by atoms with E-state index < -0.39 is 5.97 Å². The van der Waals surface area contributed by atoms with Crippen molar-refractivity contribution < 1.29 is 31.7 Å². The number of aliphatic carboxylic acids is 1. The van der Waals surface area contributed by atoms with E-state index in [1.807, 2.05) is 0 Å². The molecule has 0 radical (unpaired) electrons. The Hall–Kier alpha value is -0.367. The van der Waals surface area contributed by atoms with E-state index in [0.29, 0.717) is 0 Å². The molecule has 0 saturated carbocycles. The van der Waals surface area contributed by atoms with Crippen LogP contribution in [0.1, 0.15) is 0 Å². The molecule has 7 heavy (non-hydrogen) atoms. The maximum absolute atomic E-state index is 9.25. The minimum atomic E-state index is -0.981. The molecule has 3 nitrogen and oxygen atoms in total. The fourth-order valence-corrected chi connectivity index (χ4v) is 0. The Morgan fingerprint density at radius 3 is 1.86 bits per heavy atom. The molecular weight excluding hydrogens is 149 g/mol. The summed E-state index contributed by atoms with van der Waals surface area (Å²) in [7, 11) is 0. The zero-order valence-electron chi connectivity index (χ0n) is 3.76. The van der Waals surface area contributed by atoms with Crippen molar-refractivity contribution in [2.45, 2.75) is 0 Å². The van der Waals surface area contributed by atoms with Gasteiger partial charge in [-0.1, -0.05) is 6.58 Å². The molecule has 4 heteroatoms. The van der Waals surface area contributed by atoms with E-state index in [-0.39, 0.29) is 18.3 Å². The molecule has 0 aromatic rings. The SMILES string of the molecule is C=CC(=O)O.[O]=[Zn]. The molecule has 0 spiro atoms. The molecule has 36 valence electrons. The molecule has 0 heterocycles. The third kappa shape index (κ3) is 27.9. The second-order valence-corrected chi connectivity index (χ2v) is 0.542. The minimum absolute atomic E-state index is 0.125. The second-order valence-electron chi connectivity index (χ2n) is 0.542. The van der Waals surface area contributed by atoms with Crippen LogP contribution in [0.25, 0.3) is 0 Å². The molecule has 0 aromatic heterocycles. The Kier molecular flexibility index (Phi) is 12.8. The van der Waals surface area contributed by atoms with Crippen molar-refractivity contribution in [3.05, 3.63) is 12.7 Å². The molecule has 0 atom stereocenters. The summed E-state index contributed by atoms with van der Waals surface area (Å²) in [4.78, 5) is 9.25. The summed E-state index contributed by atoms with van der Waals surface area (Å²) in [6.45, 7) is 2.96. The molecular formula is C3H4O3Zn. The van der Waals surface area contributed by atoms with Crippen LogP contribution in [0.15, 0.2) is 12.7 Å². The van der Waals surface area contributed by atoms with Gasteiger partial charge in [-0.3, -0.25) is 0 Å². The van der Waals surface area contributed by atoms with Crippen LogP contribution in [0.5, 0.6) is 0 Å². The predicted octanol–water partition coefficient (Wildman–Crippen LogP) is 0.136. The predicted molar refractivity (Wildman–Crippen MR) is 18.5 cm³/mol. The van der Waals surface area contributed by atoms with Gasteiger partial charge in [-0.25, -0.2) is 4.79 Å². The Balaban J connectivity index is 0. The van der Waals surface area contributed by atoms with Gasteiger partial charge in [0, 0.05) is 6.08 Å². The third-order valence-corrected chi connectivity index (χ3v) is 0.175. The van der Waals surface area contributed by atoms with Crippen LogP contribution < -0.4 is 0 Å². The van der Waals surface area contributed by atoms with Crippen molar-refractivity contribution in [2.75, 3.05) is 0 Å². The number of carboxylic acids is 1. The molecule has 0 aliphatic rings. The van der Waals surface area contributed by atoms with Gasteiger partial charge in [0.15, 0.2) is 0 Å². The van der Waals surface area contributed by atoms with Crippen LogP contribution in [0.4, 0.5) is 0 Å². The Morgan fingerprint density at radius 2 is 1.86 bits per heavy atom. The molecule has 0 saturated heterocycles. The van der Waals surface area contributed by atoms with Gasteiger partial charge in [0.05, 0.1) is 0 Å². The average molecular weight is 153 g/mol. The van der Waals surface area contributed by atoms with Gasteiger partial charge in [0.2, 0.25) is 0 Å². The summed E-state index contributed by atoms with van der Waals surface area (Å²) in [5, 5.41) is 7.60. The van der Waals surface area contributed by atoms with E-state index in [4.69, 9.17) is 8.68 Å². The molecule has 0 unspecified atom stereocenters. The van der Waals surface area contributed by atoms with Gasteiger partial charge in [0.1, 0.15) is 0 Å². The number of rotatable bonds is 1. The quantitative estimate of drug-likeness (QED) is 0.431. The van der Waals surface area contributed by atoms with E-state index in [0.717, 1.165) is 6.08 Å². The van der Waals surface area contributed by atoms with Crippen molar-refractivity contribution in [3.8, 4) is 0 Å². The van der Waals surface area contributed by atoms with Gasteiger partial charge in [0.25, 0.3) is 0 Å². The van der Waals surface area contributed by atoms with Gasteiger partial charge < -0.3 is 5.11 Å². The maximum atomic E-state index is 9.25. The van der Waals surface area contributed by atoms with E-state index >= 15 is 0 Å². The standard InChI is InChI=1S/C3H4O2.O.Zn/c1-2-3(4)5;;/h2H,1H2,(H,4,5);;. The summed E-state index contributed by atoms with van der Waals surface area (Å²) in [6, 6.07) is 0. The fourth-order valence-electron chi connectivity index (χ4n) is 0. The molecule has 0 fully saturated rings. The van der Waals surface area contributed by atoms with Crippen molar-refractivity contribution in [1.82, 2.24) is 0 Å². The third-order valence-electron chi connectivity index (χ3n) is 0.175. The van der Waals surface area contributed by atoms with E-state index in [1.165, 1.54) is 0 Å². The van der Waals surface area contributed by atoms with Crippen LogP contribution in [0, 0.1) is 0 Å². The van der Waals surface area contributed by atoms with Crippen molar-refractivity contribution in [2.24, 2.45) is 0 Å². The number of hydrogen-bond donors (Lipinski definition) is 1. The van der Waals surface area contributed by atoms with Crippen LogP contribution in [-0.2, 0) is 26.6 Å². The monoisotopic (exact) mass is 152 g/mol. The Morgan fingerprint density at radius 1 is 1.71 bits per heavy atom. The van der Waals surface area contributed by atoms with Crippen LogP contribution >= 0.6 is 0 Å². The van der Waals surface area contributed by atoms with Gasteiger partial charge in [-0.15, -0.1) is 0 Å². The molecule has 0 amide bonds. The van der Waals surface area contributed by atoms with Crippen molar-refractivity contribution in [3.63, 3.8) is 0 Å². The topological polar surface area (TPSA) is 54.4 Å². The van der Waals surface area contributed by atoms with Crippen LogP contribution in [0.3, 0.4) is 0 Å². The number of carbonyl (C=O) groups is 1. The van der Waals surface area contributed by atoms with Crippen LogP contribution in [-0.4, -0.2) is 11.1 Å². The second kappa shape index (κ2) is 9.16. The molecule has 0 rings (SSSR count). The summed E-state index contributed by atoms with van der Waals surface area (Å²) in [6.07, 6.45) is 0.833. The Labute approximate surface area is 51.0 Å². The van der Waals surface area contributed by atoms with E-state index in [9.17, 15) is 4.79 Å². The van der Waals surface area contributed by atoms with Gasteiger partial charge in [-0.2, -0.15) is 0 Å². The first-order chi connectivity index (χ1) is 3.27. The van der Waals surface area contributed by atoms with Crippen LogP contribution in [0.2, 0.25) is 0 Å². The first-order valence-electron chi connectivity index (χ1n) is 1.41. The summed E-state index contributed by atoms with van der Waals surface area (Å²) in [5.74, 6) is -0.981. The fraction of sp³-hybridized carbons (Fsp3) is 0. The average Bonchev–Trinajstić information content (AvgIpc) is 1.73. The van der Waals surface area contributed by atoms with Crippen molar-refractivity contribution >= 4 is 5.97 Å². The molecule has 0 aromatic carbocycles. The molecule has 1 N–H and O–H groups in total. The summed E-state index contributed by atoms with van der Waals surface area (Å²) >= 11 is 0.125. The first kappa shape index (κ1) is 9.81. The zero-order chi connectivity index (χ0) is 6.28. The molecule has 0 aliphatic carbocycles. The van der Waals surface area contributed by atoms with Gasteiger partial charge >= 0.3 is 27.8 Å². The molecule has 0 bridgehead atoms.